The molecular weight excluding hydrogens is 252 g/mol. The summed E-state index contributed by atoms with van der Waals surface area (Å²) in [6.45, 7) is 5.79. The molecule has 0 aliphatic carbocycles. The molecule has 104 valence electrons. The Hall–Kier alpha value is -2.36. The van der Waals surface area contributed by atoms with Gasteiger partial charge in [-0.2, -0.15) is 0 Å². The molecule has 4 heteroatoms. The molecule has 4 nitrogen and oxygen atoms in total. The van der Waals surface area contributed by atoms with E-state index in [1.54, 1.807) is 13.2 Å². The van der Waals surface area contributed by atoms with Crippen molar-refractivity contribution in [2.24, 2.45) is 5.73 Å². The normalized spacial score (nSPS) is 10.4. The van der Waals surface area contributed by atoms with Crippen molar-refractivity contribution < 1.29 is 9.53 Å². The number of hydrogen-bond donors (Lipinski definition) is 1. The first-order valence-electron chi connectivity index (χ1n) is 6.37. The minimum absolute atomic E-state index is 0.446. The first kappa shape index (κ1) is 14.1. The molecule has 1 aromatic carbocycles. The Balaban J connectivity index is 2.68. The molecule has 0 saturated heterocycles. The highest BCUT2D eigenvalue weighted by atomic mass is 16.5. The lowest BCUT2D eigenvalue weighted by molar-refractivity contribution is 0.100. The fourth-order valence-electron chi connectivity index (χ4n) is 2.13. The third kappa shape index (κ3) is 2.50. The van der Waals surface area contributed by atoms with Gasteiger partial charge in [0.2, 0.25) is 0 Å². The molecule has 1 amide bonds. The summed E-state index contributed by atoms with van der Waals surface area (Å²) in [6.07, 6.45) is 0. The Bertz CT molecular complexity index is 678. The van der Waals surface area contributed by atoms with Crippen LogP contribution in [0.5, 0.6) is 5.75 Å². The monoisotopic (exact) mass is 270 g/mol. The van der Waals surface area contributed by atoms with Crippen LogP contribution in [-0.4, -0.2) is 18.0 Å². The predicted octanol–water partition coefficient (Wildman–Crippen LogP) is 2.78. The quantitative estimate of drug-likeness (QED) is 0.932. The molecule has 2 rings (SSSR count). The van der Waals surface area contributed by atoms with Gasteiger partial charge in [-0.05, 0) is 56.2 Å². The highest BCUT2D eigenvalue weighted by Gasteiger charge is 2.15. The van der Waals surface area contributed by atoms with Crippen molar-refractivity contribution in [3.63, 3.8) is 0 Å². The summed E-state index contributed by atoms with van der Waals surface area (Å²) in [4.78, 5) is 16.2. The van der Waals surface area contributed by atoms with Gasteiger partial charge in [0, 0.05) is 11.3 Å². The summed E-state index contributed by atoms with van der Waals surface area (Å²) in [7, 11) is 1.62. The summed E-state index contributed by atoms with van der Waals surface area (Å²) in [5.41, 5.74) is 10.3. The number of pyridine rings is 1. The minimum Gasteiger partial charge on any atom is -0.497 e. The fourth-order valence-corrected chi connectivity index (χ4v) is 2.13. The number of amides is 1. The Morgan fingerprint density at radius 3 is 2.40 bits per heavy atom. The number of rotatable bonds is 3. The maximum Gasteiger partial charge on any atom is 0.250 e. The van der Waals surface area contributed by atoms with Gasteiger partial charge in [-0.25, -0.2) is 0 Å². The molecule has 1 heterocycles. The number of nitrogens with two attached hydrogens (primary N) is 1. The molecule has 0 bridgehead atoms. The Kier molecular flexibility index (Phi) is 3.74. The number of carbonyl (C=O) groups is 1. The molecule has 0 spiro atoms. The summed E-state index contributed by atoms with van der Waals surface area (Å²) in [6, 6.07) is 7.46. The van der Waals surface area contributed by atoms with E-state index >= 15 is 0 Å². The van der Waals surface area contributed by atoms with Gasteiger partial charge in [0.25, 0.3) is 5.91 Å². The summed E-state index contributed by atoms with van der Waals surface area (Å²) >= 11 is 0. The molecule has 2 aromatic rings. The second-order valence-corrected chi connectivity index (χ2v) is 4.83. The fraction of sp³-hybridized carbons (Fsp3) is 0.250. The van der Waals surface area contributed by atoms with Gasteiger partial charge in [-0.1, -0.05) is 0 Å². The third-order valence-electron chi connectivity index (χ3n) is 3.42. The second kappa shape index (κ2) is 5.33. The van der Waals surface area contributed by atoms with E-state index in [1.165, 1.54) is 0 Å². The topological polar surface area (TPSA) is 65.2 Å². The summed E-state index contributed by atoms with van der Waals surface area (Å²) < 4.78 is 5.19. The molecule has 0 fully saturated rings. The van der Waals surface area contributed by atoms with Crippen LogP contribution in [0.2, 0.25) is 0 Å². The molecular formula is C16H18N2O2. The van der Waals surface area contributed by atoms with Gasteiger partial charge in [0.15, 0.2) is 0 Å². The highest BCUT2D eigenvalue weighted by molar-refractivity contribution is 5.99. The molecule has 0 saturated carbocycles. The van der Waals surface area contributed by atoms with Gasteiger partial charge < -0.3 is 10.5 Å². The first-order chi connectivity index (χ1) is 9.43. The van der Waals surface area contributed by atoms with E-state index in [-0.39, 0.29) is 0 Å². The Labute approximate surface area is 118 Å². The van der Waals surface area contributed by atoms with Gasteiger partial charge >= 0.3 is 0 Å². The SMILES string of the molecule is COc1ccc(-c2nc(C)c(C)cc2C(N)=O)c(C)c1. The van der Waals surface area contributed by atoms with E-state index in [9.17, 15) is 4.79 Å². The van der Waals surface area contributed by atoms with Crippen molar-refractivity contribution in [1.29, 1.82) is 0 Å². The van der Waals surface area contributed by atoms with Gasteiger partial charge in [-0.3, -0.25) is 9.78 Å². The van der Waals surface area contributed by atoms with Crippen molar-refractivity contribution in [2.75, 3.05) is 7.11 Å². The number of ether oxygens (including phenoxy) is 1. The third-order valence-corrected chi connectivity index (χ3v) is 3.42. The molecule has 20 heavy (non-hydrogen) atoms. The van der Waals surface area contributed by atoms with Crippen LogP contribution in [-0.2, 0) is 0 Å². The average Bonchev–Trinajstić information content (AvgIpc) is 2.41. The predicted molar refractivity (Wildman–Crippen MR) is 79.0 cm³/mol. The molecule has 2 N–H and O–H groups in total. The lowest BCUT2D eigenvalue weighted by atomic mass is 9.98. The largest absolute Gasteiger partial charge is 0.497 e. The smallest absolute Gasteiger partial charge is 0.250 e. The first-order valence-corrected chi connectivity index (χ1v) is 6.37. The van der Waals surface area contributed by atoms with Crippen LogP contribution < -0.4 is 10.5 Å². The Morgan fingerprint density at radius 1 is 1.15 bits per heavy atom. The standard InChI is InChI=1S/C16H18N2O2/c1-9-8-14(16(17)19)15(18-11(9)3)13-6-5-12(20-4)7-10(13)2/h5-8H,1-4H3,(H2,17,19). The van der Waals surface area contributed by atoms with E-state index in [0.717, 1.165) is 28.1 Å². The number of carbonyl (C=O) groups excluding carboxylic acids is 1. The zero-order chi connectivity index (χ0) is 14.9. The van der Waals surface area contributed by atoms with E-state index in [2.05, 4.69) is 4.98 Å². The average molecular weight is 270 g/mol. The zero-order valence-corrected chi connectivity index (χ0v) is 12.2. The van der Waals surface area contributed by atoms with Gasteiger partial charge in [0.05, 0.1) is 18.4 Å². The van der Waals surface area contributed by atoms with Crippen LogP contribution in [0.4, 0.5) is 0 Å². The van der Waals surface area contributed by atoms with E-state index < -0.39 is 5.91 Å². The second-order valence-electron chi connectivity index (χ2n) is 4.83. The number of aryl methyl sites for hydroxylation is 3. The van der Waals surface area contributed by atoms with Crippen molar-refractivity contribution in [3.8, 4) is 17.0 Å². The number of nitrogens with zero attached hydrogens (tertiary/aromatic N) is 1. The van der Waals surface area contributed by atoms with Crippen LogP contribution in [0.1, 0.15) is 27.2 Å². The van der Waals surface area contributed by atoms with E-state index in [1.807, 2.05) is 39.0 Å². The number of primary amides is 1. The van der Waals surface area contributed by atoms with Crippen LogP contribution >= 0.6 is 0 Å². The van der Waals surface area contributed by atoms with Crippen molar-refractivity contribution >= 4 is 5.91 Å². The lowest BCUT2D eigenvalue weighted by Crippen LogP contribution is -2.14. The van der Waals surface area contributed by atoms with Crippen LogP contribution in [0, 0.1) is 20.8 Å². The molecule has 1 aromatic heterocycles. The lowest BCUT2D eigenvalue weighted by Gasteiger charge is -2.13. The van der Waals surface area contributed by atoms with Crippen molar-refractivity contribution in [2.45, 2.75) is 20.8 Å². The van der Waals surface area contributed by atoms with Gasteiger partial charge in [0.1, 0.15) is 5.75 Å². The Morgan fingerprint density at radius 2 is 1.85 bits per heavy atom. The van der Waals surface area contributed by atoms with E-state index in [4.69, 9.17) is 10.5 Å². The van der Waals surface area contributed by atoms with Crippen LogP contribution in [0.3, 0.4) is 0 Å². The minimum atomic E-state index is -0.467. The molecule has 0 aliphatic rings. The van der Waals surface area contributed by atoms with Crippen LogP contribution in [0.25, 0.3) is 11.3 Å². The molecule has 0 radical (unpaired) electrons. The maximum atomic E-state index is 11.7. The highest BCUT2D eigenvalue weighted by Crippen LogP contribution is 2.29. The van der Waals surface area contributed by atoms with E-state index in [0.29, 0.717) is 11.3 Å². The van der Waals surface area contributed by atoms with Gasteiger partial charge in [-0.15, -0.1) is 0 Å². The molecule has 0 unspecified atom stereocenters. The molecule has 0 atom stereocenters. The zero-order valence-electron chi connectivity index (χ0n) is 12.2. The number of aromatic nitrogens is 1. The number of benzene rings is 1. The van der Waals surface area contributed by atoms with Crippen LogP contribution in [0.15, 0.2) is 24.3 Å². The van der Waals surface area contributed by atoms with Crippen molar-refractivity contribution in [3.05, 3.63) is 46.6 Å². The number of hydrogen-bond acceptors (Lipinski definition) is 3. The molecule has 0 aliphatic heterocycles. The number of methoxy groups -OCH3 is 1. The summed E-state index contributed by atoms with van der Waals surface area (Å²) in [5, 5.41) is 0. The maximum absolute atomic E-state index is 11.7. The summed E-state index contributed by atoms with van der Waals surface area (Å²) in [5.74, 6) is 0.307. The van der Waals surface area contributed by atoms with Crippen molar-refractivity contribution in [1.82, 2.24) is 4.98 Å².